The molecule has 1 aromatic heterocycles. The normalized spacial score (nSPS) is 10.9. The van der Waals surface area contributed by atoms with Gasteiger partial charge in [0.1, 0.15) is 4.88 Å². The Balaban J connectivity index is 2.04. The van der Waals surface area contributed by atoms with Crippen molar-refractivity contribution in [3.8, 4) is 0 Å². The van der Waals surface area contributed by atoms with E-state index in [2.05, 4.69) is 5.32 Å². The summed E-state index contributed by atoms with van der Waals surface area (Å²) in [5.74, 6) is -0.149. The van der Waals surface area contributed by atoms with Gasteiger partial charge in [-0.15, -0.1) is 11.3 Å². The Labute approximate surface area is 126 Å². The second kappa shape index (κ2) is 6.92. The van der Waals surface area contributed by atoms with E-state index in [1.165, 1.54) is 11.3 Å². The van der Waals surface area contributed by atoms with E-state index < -0.39 is 0 Å². The first-order valence-corrected chi connectivity index (χ1v) is 7.69. The summed E-state index contributed by atoms with van der Waals surface area (Å²) >= 11 is 7.29. The molecule has 1 amide bonds. The molecule has 0 saturated carbocycles. The molecule has 0 spiro atoms. The Morgan fingerprint density at radius 2 is 2.15 bits per heavy atom. The number of amides is 1. The molecule has 0 unspecified atom stereocenters. The Morgan fingerprint density at radius 1 is 1.35 bits per heavy atom. The van der Waals surface area contributed by atoms with Crippen LogP contribution in [0.15, 0.2) is 18.2 Å². The number of carbonyl (C=O) groups is 1. The molecule has 0 saturated heterocycles. The number of hydrogen-bond donors (Lipinski definition) is 3. The second-order valence-corrected chi connectivity index (χ2v) is 6.01. The van der Waals surface area contributed by atoms with Crippen molar-refractivity contribution < 1.29 is 9.90 Å². The van der Waals surface area contributed by atoms with Crippen molar-refractivity contribution in [2.45, 2.75) is 19.3 Å². The quantitative estimate of drug-likeness (QED) is 0.718. The standard InChI is InChI=1S/C14H17ClN2O2S/c15-9-4-5-10-11(8-9)20-13(12(10)16)14(19)17-6-2-1-3-7-18/h4-5,8,18H,1-3,6-7,16H2,(H,17,19). The molecule has 6 heteroatoms. The number of benzene rings is 1. The summed E-state index contributed by atoms with van der Waals surface area (Å²) in [4.78, 5) is 12.6. The highest BCUT2D eigenvalue weighted by Gasteiger charge is 2.15. The summed E-state index contributed by atoms with van der Waals surface area (Å²) in [6.07, 6.45) is 2.51. The maximum absolute atomic E-state index is 12.1. The lowest BCUT2D eigenvalue weighted by Crippen LogP contribution is -2.24. The fraction of sp³-hybridized carbons (Fsp3) is 0.357. The first kappa shape index (κ1) is 15.1. The number of thiophene rings is 1. The maximum atomic E-state index is 12.1. The number of nitrogens with one attached hydrogen (secondary N) is 1. The van der Waals surface area contributed by atoms with Crippen LogP contribution in [0.2, 0.25) is 5.02 Å². The van der Waals surface area contributed by atoms with Crippen LogP contribution < -0.4 is 11.1 Å². The van der Waals surface area contributed by atoms with Gasteiger partial charge in [-0.25, -0.2) is 0 Å². The van der Waals surface area contributed by atoms with Gasteiger partial charge in [0, 0.05) is 28.3 Å². The minimum Gasteiger partial charge on any atom is -0.397 e. The summed E-state index contributed by atoms with van der Waals surface area (Å²) in [5, 5.41) is 13.0. The average Bonchev–Trinajstić information content (AvgIpc) is 2.75. The van der Waals surface area contributed by atoms with Gasteiger partial charge in [-0.05, 0) is 37.5 Å². The van der Waals surface area contributed by atoms with Gasteiger partial charge in [-0.1, -0.05) is 11.6 Å². The molecular weight excluding hydrogens is 296 g/mol. The largest absolute Gasteiger partial charge is 0.397 e. The SMILES string of the molecule is Nc1c(C(=O)NCCCCCO)sc2cc(Cl)ccc12. The Kier molecular flexibility index (Phi) is 5.23. The topological polar surface area (TPSA) is 75.4 Å². The summed E-state index contributed by atoms with van der Waals surface area (Å²) < 4.78 is 0.917. The summed E-state index contributed by atoms with van der Waals surface area (Å²) in [7, 11) is 0. The number of rotatable bonds is 6. The lowest BCUT2D eigenvalue weighted by Gasteiger charge is -2.03. The number of nitrogen functional groups attached to an aromatic ring is 1. The lowest BCUT2D eigenvalue weighted by molar-refractivity contribution is 0.0958. The van der Waals surface area contributed by atoms with Crippen LogP contribution >= 0.6 is 22.9 Å². The monoisotopic (exact) mass is 312 g/mol. The van der Waals surface area contributed by atoms with E-state index in [4.69, 9.17) is 22.4 Å². The van der Waals surface area contributed by atoms with Crippen molar-refractivity contribution in [2.24, 2.45) is 0 Å². The van der Waals surface area contributed by atoms with E-state index in [1.807, 2.05) is 12.1 Å². The fourth-order valence-electron chi connectivity index (χ4n) is 1.95. The number of halogens is 1. The number of carbonyl (C=O) groups excluding carboxylic acids is 1. The molecule has 0 radical (unpaired) electrons. The number of anilines is 1. The van der Waals surface area contributed by atoms with Crippen molar-refractivity contribution in [1.29, 1.82) is 0 Å². The lowest BCUT2D eigenvalue weighted by atomic mass is 10.2. The van der Waals surface area contributed by atoms with Gasteiger partial charge in [0.25, 0.3) is 5.91 Å². The first-order valence-electron chi connectivity index (χ1n) is 6.50. The molecule has 0 aliphatic carbocycles. The third-order valence-corrected chi connectivity index (χ3v) is 4.42. The average molecular weight is 313 g/mol. The molecule has 4 nitrogen and oxygen atoms in total. The predicted octanol–water partition coefficient (Wildman–Crippen LogP) is 3.03. The van der Waals surface area contributed by atoms with E-state index in [9.17, 15) is 4.79 Å². The van der Waals surface area contributed by atoms with Crippen LogP contribution in [0.1, 0.15) is 28.9 Å². The van der Waals surface area contributed by atoms with Gasteiger partial charge in [-0.2, -0.15) is 0 Å². The second-order valence-electron chi connectivity index (χ2n) is 4.53. The van der Waals surface area contributed by atoms with Crippen molar-refractivity contribution in [3.05, 3.63) is 28.1 Å². The number of hydrogen-bond acceptors (Lipinski definition) is 4. The van der Waals surface area contributed by atoms with Gasteiger partial charge in [-0.3, -0.25) is 4.79 Å². The smallest absolute Gasteiger partial charge is 0.263 e. The van der Waals surface area contributed by atoms with E-state index in [0.717, 1.165) is 29.3 Å². The van der Waals surface area contributed by atoms with Crippen LogP contribution in [-0.4, -0.2) is 24.2 Å². The predicted molar refractivity (Wildman–Crippen MR) is 84.5 cm³/mol. The molecule has 1 heterocycles. The third-order valence-electron chi connectivity index (χ3n) is 3.02. The number of unbranched alkanes of at least 4 members (excludes halogenated alkanes) is 2. The van der Waals surface area contributed by atoms with Crippen LogP contribution in [0.25, 0.3) is 10.1 Å². The Hall–Kier alpha value is -1.30. The minimum atomic E-state index is -0.149. The maximum Gasteiger partial charge on any atom is 0.263 e. The van der Waals surface area contributed by atoms with Crippen molar-refractivity contribution >= 4 is 44.6 Å². The summed E-state index contributed by atoms with van der Waals surface area (Å²) in [6.45, 7) is 0.783. The molecule has 0 bridgehead atoms. The number of aliphatic hydroxyl groups excluding tert-OH is 1. The van der Waals surface area contributed by atoms with Gasteiger partial charge >= 0.3 is 0 Å². The van der Waals surface area contributed by atoms with Crippen LogP contribution in [0.3, 0.4) is 0 Å². The number of nitrogens with two attached hydrogens (primary N) is 1. The fourth-order valence-corrected chi connectivity index (χ4v) is 3.27. The number of fused-ring (bicyclic) bond motifs is 1. The van der Waals surface area contributed by atoms with E-state index >= 15 is 0 Å². The molecule has 0 atom stereocenters. The highest BCUT2D eigenvalue weighted by atomic mass is 35.5. The molecule has 0 aliphatic rings. The van der Waals surface area contributed by atoms with E-state index in [1.54, 1.807) is 6.07 Å². The Morgan fingerprint density at radius 3 is 2.90 bits per heavy atom. The molecule has 0 fully saturated rings. The number of aliphatic hydroxyl groups is 1. The van der Waals surface area contributed by atoms with Crippen LogP contribution in [-0.2, 0) is 0 Å². The third kappa shape index (κ3) is 3.42. The highest BCUT2D eigenvalue weighted by Crippen LogP contribution is 2.35. The summed E-state index contributed by atoms with van der Waals surface area (Å²) in [6, 6.07) is 5.42. The molecule has 1 aromatic carbocycles. The van der Waals surface area contributed by atoms with Crippen molar-refractivity contribution in [1.82, 2.24) is 5.32 Å². The summed E-state index contributed by atoms with van der Waals surface area (Å²) in [5.41, 5.74) is 6.52. The Bertz CT molecular complexity index is 612. The van der Waals surface area contributed by atoms with Gasteiger partial charge in [0.2, 0.25) is 0 Å². The van der Waals surface area contributed by atoms with Crippen molar-refractivity contribution in [3.63, 3.8) is 0 Å². The highest BCUT2D eigenvalue weighted by molar-refractivity contribution is 7.21. The van der Waals surface area contributed by atoms with E-state index in [-0.39, 0.29) is 12.5 Å². The molecule has 4 N–H and O–H groups in total. The first-order chi connectivity index (χ1) is 9.63. The van der Waals surface area contributed by atoms with Gasteiger partial charge in [0.05, 0.1) is 5.69 Å². The molecule has 2 rings (SSSR count). The zero-order valence-corrected chi connectivity index (χ0v) is 12.6. The van der Waals surface area contributed by atoms with Crippen LogP contribution in [0.5, 0.6) is 0 Å². The minimum absolute atomic E-state index is 0.149. The van der Waals surface area contributed by atoms with Gasteiger partial charge in [0.15, 0.2) is 0 Å². The van der Waals surface area contributed by atoms with E-state index in [0.29, 0.717) is 22.1 Å². The molecule has 20 heavy (non-hydrogen) atoms. The van der Waals surface area contributed by atoms with Crippen LogP contribution in [0.4, 0.5) is 5.69 Å². The molecule has 2 aromatic rings. The van der Waals surface area contributed by atoms with Crippen molar-refractivity contribution in [2.75, 3.05) is 18.9 Å². The zero-order chi connectivity index (χ0) is 14.5. The molecule has 108 valence electrons. The molecular formula is C14H17ClN2O2S. The van der Waals surface area contributed by atoms with Crippen LogP contribution in [0, 0.1) is 0 Å². The van der Waals surface area contributed by atoms with Gasteiger partial charge < -0.3 is 16.2 Å². The molecule has 0 aliphatic heterocycles. The zero-order valence-electron chi connectivity index (χ0n) is 11.0.